The molecule has 2 nitrogen and oxygen atoms in total. The highest BCUT2D eigenvalue weighted by atomic mass is 79.9. The van der Waals surface area contributed by atoms with Crippen molar-refractivity contribution in [2.24, 2.45) is 5.73 Å². The van der Waals surface area contributed by atoms with Gasteiger partial charge in [-0.2, -0.15) is 0 Å². The zero-order valence-corrected chi connectivity index (χ0v) is 10.7. The molecular weight excluding hydrogens is 317 g/mol. The fraction of sp³-hybridized carbons (Fsp3) is 0.333. The van der Waals surface area contributed by atoms with Crippen molar-refractivity contribution in [1.82, 2.24) is 0 Å². The van der Waals surface area contributed by atoms with Crippen molar-refractivity contribution in [2.45, 2.75) is 12.5 Å². The van der Waals surface area contributed by atoms with Crippen LogP contribution in [0.4, 0.5) is 4.39 Å². The standard InChI is InChI=1S/C9H10Br2FNO/c1-9(13,4-14)8-6(11)2-5(10)3-7(8)12/h2-3,14H,4,13H2,1H3/t9-/m1/s1. The highest BCUT2D eigenvalue weighted by Crippen LogP contribution is 2.31. The maximum atomic E-state index is 13.5. The molecule has 0 aliphatic rings. The minimum Gasteiger partial charge on any atom is -0.394 e. The first-order valence-corrected chi connectivity index (χ1v) is 5.52. The van der Waals surface area contributed by atoms with Crippen molar-refractivity contribution in [1.29, 1.82) is 0 Å². The van der Waals surface area contributed by atoms with E-state index in [1.165, 1.54) is 6.07 Å². The molecular formula is C9H10Br2FNO. The lowest BCUT2D eigenvalue weighted by molar-refractivity contribution is 0.206. The molecule has 0 amide bonds. The van der Waals surface area contributed by atoms with Gasteiger partial charge in [0.25, 0.3) is 0 Å². The summed E-state index contributed by atoms with van der Waals surface area (Å²) < 4.78 is 14.7. The van der Waals surface area contributed by atoms with Crippen LogP contribution in [0.3, 0.4) is 0 Å². The first kappa shape index (κ1) is 12.1. The van der Waals surface area contributed by atoms with Crippen LogP contribution in [0.25, 0.3) is 0 Å². The Bertz CT molecular complexity index is 332. The largest absolute Gasteiger partial charge is 0.394 e. The molecule has 0 fully saturated rings. The van der Waals surface area contributed by atoms with E-state index < -0.39 is 11.4 Å². The molecule has 0 spiro atoms. The van der Waals surface area contributed by atoms with Gasteiger partial charge >= 0.3 is 0 Å². The fourth-order valence-electron chi connectivity index (χ4n) is 1.17. The zero-order chi connectivity index (χ0) is 10.9. The van der Waals surface area contributed by atoms with Crippen molar-refractivity contribution in [3.8, 4) is 0 Å². The minimum atomic E-state index is -1.08. The van der Waals surface area contributed by atoms with E-state index in [1.54, 1.807) is 13.0 Å². The highest BCUT2D eigenvalue weighted by Gasteiger charge is 2.26. The van der Waals surface area contributed by atoms with Crippen LogP contribution in [0.15, 0.2) is 21.1 Å². The summed E-state index contributed by atoms with van der Waals surface area (Å²) in [5, 5.41) is 9.04. The Balaban J connectivity index is 3.35. The molecule has 1 aromatic carbocycles. The molecule has 0 saturated heterocycles. The number of rotatable bonds is 2. The number of hydrogen-bond acceptors (Lipinski definition) is 2. The van der Waals surface area contributed by atoms with Gasteiger partial charge < -0.3 is 10.8 Å². The fourth-order valence-corrected chi connectivity index (χ4v) is 2.79. The number of benzene rings is 1. The summed E-state index contributed by atoms with van der Waals surface area (Å²) in [6.45, 7) is 1.26. The Kier molecular flexibility index (Phi) is 3.69. The van der Waals surface area contributed by atoms with E-state index in [2.05, 4.69) is 31.9 Å². The van der Waals surface area contributed by atoms with E-state index in [-0.39, 0.29) is 12.2 Å². The van der Waals surface area contributed by atoms with Crippen molar-refractivity contribution in [3.63, 3.8) is 0 Å². The van der Waals surface area contributed by atoms with Crippen LogP contribution in [0, 0.1) is 5.82 Å². The van der Waals surface area contributed by atoms with E-state index in [4.69, 9.17) is 10.8 Å². The molecule has 5 heteroatoms. The Morgan fingerprint density at radius 1 is 1.50 bits per heavy atom. The first-order valence-electron chi connectivity index (χ1n) is 3.93. The molecule has 1 rings (SSSR count). The van der Waals surface area contributed by atoms with Crippen molar-refractivity contribution in [2.75, 3.05) is 6.61 Å². The summed E-state index contributed by atoms with van der Waals surface area (Å²) in [5.41, 5.74) is 4.95. The average Bonchev–Trinajstić information content (AvgIpc) is 2.01. The summed E-state index contributed by atoms with van der Waals surface area (Å²) in [7, 11) is 0. The van der Waals surface area contributed by atoms with Crippen LogP contribution < -0.4 is 5.73 Å². The predicted molar refractivity (Wildman–Crippen MR) is 60.4 cm³/mol. The number of halogens is 3. The summed E-state index contributed by atoms with van der Waals surface area (Å²) >= 11 is 6.38. The molecule has 0 heterocycles. The Morgan fingerprint density at radius 2 is 2.07 bits per heavy atom. The molecule has 0 saturated carbocycles. The lowest BCUT2D eigenvalue weighted by Gasteiger charge is -2.24. The molecule has 0 radical (unpaired) electrons. The number of nitrogens with two attached hydrogens (primary N) is 1. The Hall–Kier alpha value is 0.0300. The molecule has 0 aliphatic heterocycles. The zero-order valence-electron chi connectivity index (χ0n) is 7.52. The third-order valence-electron chi connectivity index (χ3n) is 1.91. The van der Waals surface area contributed by atoms with Gasteiger partial charge in [-0.1, -0.05) is 31.9 Å². The molecule has 1 aromatic rings. The molecule has 0 aromatic heterocycles. The molecule has 14 heavy (non-hydrogen) atoms. The van der Waals surface area contributed by atoms with Gasteiger partial charge in [-0.3, -0.25) is 0 Å². The quantitative estimate of drug-likeness (QED) is 0.877. The normalized spacial score (nSPS) is 15.3. The van der Waals surface area contributed by atoms with Crippen LogP contribution in [0.2, 0.25) is 0 Å². The summed E-state index contributed by atoms with van der Waals surface area (Å²) in [4.78, 5) is 0. The molecule has 0 bridgehead atoms. The Morgan fingerprint density at radius 3 is 2.50 bits per heavy atom. The molecule has 3 N–H and O–H groups in total. The van der Waals surface area contributed by atoms with Crippen LogP contribution >= 0.6 is 31.9 Å². The number of aliphatic hydroxyl groups is 1. The van der Waals surface area contributed by atoms with Gasteiger partial charge in [0, 0.05) is 14.5 Å². The van der Waals surface area contributed by atoms with Gasteiger partial charge in [-0.15, -0.1) is 0 Å². The van der Waals surface area contributed by atoms with E-state index in [9.17, 15) is 4.39 Å². The van der Waals surface area contributed by atoms with Crippen LogP contribution in [0.5, 0.6) is 0 Å². The SMILES string of the molecule is C[C@@](N)(CO)c1c(F)cc(Br)cc1Br. The molecule has 1 atom stereocenters. The second-order valence-corrected chi connectivity index (χ2v) is 5.09. The topological polar surface area (TPSA) is 46.2 Å². The van der Waals surface area contributed by atoms with Crippen LogP contribution in [-0.4, -0.2) is 11.7 Å². The van der Waals surface area contributed by atoms with Gasteiger partial charge in [0.05, 0.1) is 12.1 Å². The number of aliphatic hydroxyl groups excluding tert-OH is 1. The minimum absolute atomic E-state index is 0.281. The lowest BCUT2D eigenvalue weighted by atomic mass is 9.94. The second kappa shape index (κ2) is 4.26. The monoisotopic (exact) mass is 325 g/mol. The van der Waals surface area contributed by atoms with Crippen molar-refractivity contribution >= 4 is 31.9 Å². The predicted octanol–water partition coefficient (Wildman–Crippen LogP) is 2.52. The van der Waals surface area contributed by atoms with Crippen LogP contribution in [-0.2, 0) is 5.54 Å². The van der Waals surface area contributed by atoms with Gasteiger partial charge in [-0.05, 0) is 19.1 Å². The van der Waals surface area contributed by atoms with Crippen LogP contribution in [0.1, 0.15) is 12.5 Å². The van der Waals surface area contributed by atoms with E-state index in [0.29, 0.717) is 8.95 Å². The molecule has 0 unspecified atom stereocenters. The van der Waals surface area contributed by atoms with Crippen molar-refractivity contribution in [3.05, 3.63) is 32.5 Å². The number of hydrogen-bond donors (Lipinski definition) is 2. The Labute approximate surface area is 98.6 Å². The summed E-state index contributed by atoms with van der Waals surface area (Å²) in [5.74, 6) is -0.440. The maximum Gasteiger partial charge on any atom is 0.130 e. The smallest absolute Gasteiger partial charge is 0.130 e. The van der Waals surface area contributed by atoms with Gasteiger partial charge in [0.2, 0.25) is 0 Å². The van der Waals surface area contributed by atoms with Crippen molar-refractivity contribution < 1.29 is 9.50 Å². The van der Waals surface area contributed by atoms with Gasteiger partial charge in [-0.25, -0.2) is 4.39 Å². The maximum absolute atomic E-state index is 13.5. The molecule has 78 valence electrons. The summed E-state index contributed by atoms with van der Waals surface area (Å²) in [6.07, 6.45) is 0. The molecule has 0 aliphatic carbocycles. The van der Waals surface area contributed by atoms with E-state index in [1.807, 2.05) is 0 Å². The second-order valence-electron chi connectivity index (χ2n) is 3.32. The van der Waals surface area contributed by atoms with E-state index in [0.717, 1.165) is 0 Å². The average molecular weight is 327 g/mol. The third-order valence-corrected chi connectivity index (χ3v) is 2.99. The summed E-state index contributed by atoms with van der Waals surface area (Å²) in [6, 6.07) is 3.01. The lowest BCUT2D eigenvalue weighted by Crippen LogP contribution is -2.38. The highest BCUT2D eigenvalue weighted by molar-refractivity contribution is 9.11. The first-order chi connectivity index (χ1) is 6.38. The third kappa shape index (κ3) is 2.34. The van der Waals surface area contributed by atoms with Gasteiger partial charge in [0.1, 0.15) is 5.82 Å². The van der Waals surface area contributed by atoms with E-state index >= 15 is 0 Å². The van der Waals surface area contributed by atoms with Gasteiger partial charge in [0.15, 0.2) is 0 Å².